The summed E-state index contributed by atoms with van der Waals surface area (Å²) in [5, 5.41) is 7.91. The maximum absolute atomic E-state index is 11.8. The minimum absolute atomic E-state index is 0. The van der Waals surface area contributed by atoms with Gasteiger partial charge in [-0.1, -0.05) is 0 Å². The molecule has 0 unspecified atom stereocenters. The maximum Gasteiger partial charge on any atom is 0.243 e. The standard InChI is InChI=1S/C9H13N3OS2.ClH/c1-5-9(15-6(2)11-5)12-8(13)7-3-14-4-10-7;/h7,10H,3-4H2,1-2H3,(H,12,13);1H/t7-;/m1./s1. The van der Waals surface area contributed by atoms with Crippen LogP contribution in [0, 0.1) is 13.8 Å². The second kappa shape index (κ2) is 5.86. The summed E-state index contributed by atoms with van der Waals surface area (Å²) in [6, 6.07) is -0.0585. The average molecular weight is 280 g/mol. The normalized spacial score (nSPS) is 19.2. The van der Waals surface area contributed by atoms with Gasteiger partial charge in [0.15, 0.2) is 0 Å². The van der Waals surface area contributed by atoms with E-state index in [1.807, 2.05) is 13.8 Å². The fourth-order valence-electron chi connectivity index (χ4n) is 1.41. The van der Waals surface area contributed by atoms with Gasteiger partial charge < -0.3 is 5.32 Å². The van der Waals surface area contributed by atoms with Gasteiger partial charge in [-0.15, -0.1) is 35.5 Å². The molecule has 0 saturated carbocycles. The van der Waals surface area contributed by atoms with E-state index < -0.39 is 0 Å². The minimum Gasteiger partial charge on any atom is -0.315 e. The fraction of sp³-hybridized carbons (Fsp3) is 0.556. The van der Waals surface area contributed by atoms with E-state index in [1.165, 1.54) is 11.3 Å². The average Bonchev–Trinajstić information content (AvgIpc) is 2.76. The molecule has 1 saturated heterocycles. The number of carbonyl (C=O) groups excluding carboxylic acids is 1. The number of nitrogens with one attached hydrogen (secondary N) is 2. The number of hydrogen-bond donors (Lipinski definition) is 2. The molecule has 1 atom stereocenters. The van der Waals surface area contributed by atoms with Crippen molar-refractivity contribution in [2.24, 2.45) is 0 Å². The molecule has 1 aliphatic rings. The molecule has 1 aliphatic heterocycles. The Kier molecular flexibility index (Phi) is 5.04. The molecule has 90 valence electrons. The van der Waals surface area contributed by atoms with E-state index in [9.17, 15) is 4.79 Å². The van der Waals surface area contributed by atoms with Crippen LogP contribution in [0.3, 0.4) is 0 Å². The molecule has 4 nitrogen and oxygen atoms in total. The number of carbonyl (C=O) groups is 1. The molecule has 0 bridgehead atoms. The molecule has 0 spiro atoms. The second-order valence-corrected chi connectivity index (χ2v) is 5.64. The molecular weight excluding hydrogens is 266 g/mol. The number of thiazole rings is 1. The zero-order chi connectivity index (χ0) is 10.8. The van der Waals surface area contributed by atoms with Crippen LogP contribution in [0.5, 0.6) is 0 Å². The highest BCUT2D eigenvalue weighted by Gasteiger charge is 2.23. The van der Waals surface area contributed by atoms with Crippen LogP contribution in [-0.2, 0) is 4.79 Å². The topological polar surface area (TPSA) is 54.0 Å². The Labute approximate surface area is 109 Å². The highest BCUT2D eigenvalue weighted by atomic mass is 35.5. The molecule has 7 heteroatoms. The third kappa shape index (κ3) is 3.10. The van der Waals surface area contributed by atoms with E-state index in [-0.39, 0.29) is 24.4 Å². The summed E-state index contributed by atoms with van der Waals surface area (Å²) < 4.78 is 0. The highest BCUT2D eigenvalue weighted by molar-refractivity contribution is 7.99. The zero-order valence-corrected chi connectivity index (χ0v) is 11.5. The number of rotatable bonds is 2. The summed E-state index contributed by atoms with van der Waals surface area (Å²) in [5.41, 5.74) is 0.900. The molecule has 2 heterocycles. The van der Waals surface area contributed by atoms with Crippen LogP contribution in [0.1, 0.15) is 10.7 Å². The summed E-state index contributed by atoms with van der Waals surface area (Å²) in [7, 11) is 0. The number of amides is 1. The molecule has 16 heavy (non-hydrogen) atoms. The van der Waals surface area contributed by atoms with Gasteiger partial charge in [0.1, 0.15) is 5.00 Å². The smallest absolute Gasteiger partial charge is 0.243 e. The summed E-state index contributed by atoms with van der Waals surface area (Å²) in [4.78, 5) is 16.0. The first-order valence-corrected chi connectivity index (χ1v) is 6.70. The lowest BCUT2D eigenvalue weighted by atomic mass is 10.3. The van der Waals surface area contributed by atoms with Gasteiger partial charge in [-0.2, -0.15) is 0 Å². The van der Waals surface area contributed by atoms with E-state index in [1.54, 1.807) is 11.8 Å². The Morgan fingerprint density at radius 2 is 2.31 bits per heavy atom. The first-order valence-electron chi connectivity index (χ1n) is 4.73. The molecule has 2 N–H and O–H groups in total. The van der Waals surface area contributed by atoms with Gasteiger partial charge in [-0.3, -0.25) is 10.1 Å². The lowest BCUT2D eigenvalue weighted by Crippen LogP contribution is -2.37. The van der Waals surface area contributed by atoms with Crippen LogP contribution in [0.4, 0.5) is 5.00 Å². The van der Waals surface area contributed by atoms with Crippen molar-refractivity contribution in [1.82, 2.24) is 10.3 Å². The predicted octanol–water partition coefficient (Wildman–Crippen LogP) is 1.78. The van der Waals surface area contributed by atoms with Gasteiger partial charge in [0, 0.05) is 11.6 Å². The van der Waals surface area contributed by atoms with E-state index >= 15 is 0 Å². The summed E-state index contributed by atoms with van der Waals surface area (Å²) in [6.45, 7) is 3.85. The predicted molar refractivity (Wildman–Crippen MR) is 71.7 cm³/mol. The first-order chi connectivity index (χ1) is 7.16. The molecule has 1 aromatic heterocycles. The molecule has 1 aromatic rings. The molecule has 2 rings (SSSR count). The molecular formula is C9H14ClN3OS2. The number of nitrogens with zero attached hydrogens (tertiary/aromatic N) is 1. The van der Waals surface area contributed by atoms with E-state index in [0.29, 0.717) is 0 Å². The number of aryl methyl sites for hydroxylation is 2. The number of thioether (sulfide) groups is 1. The van der Waals surface area contributed by atoms with Crippen molar-refractivity contribution in [3.05, 3.63) is 10.7 Å². The molecule has 0 aliphatic carbocycles. The van der Waals surface area contributed by atoms with Gasteiger partial charge >= 0.3 is 0 Å². The SMILES string of the molecule is Cc1nc(C)c(NC(=O)[C@H]2CSCN2)s1.Cl. The molecule has 0 radical (unpaired) electrons. The van der Waals surface area contributed by atoms with Crippen LogP contribution in [0.25, 0.3) is 0 Å². The fourth-order valence-corrected chi connectivity index (χ4v) is 3.17. The van der Waals surface area contributed by atoms with Crippen molar-refractivity contribution in [1.29, 1.82) is 0 Å². The van der Waals surface area contributed by atoms with Crippen molar-refractivity contribution in [2.45, 2.75) is 19.9 Å². The lowest BCUT2D eigenvalue weighted by Gasteiger charge is -2.08. The number of anilines is 1. The summed E-state index contributed by atoms with van der Waals surface area (Å²) in [5.74, 6) is 1.76. The third-order valence-electron chi connectivity index (χ3n) is 2.17. The molecule has 1 fully saturated rings. The molecule has 1 amide bonds. The Hall–Kier alpha value is -0.300. The van der Waals surface area contributed by atoms with Crippen molar-refractivity contribution < 1.29 is 4.79 Å². The van der Waals surface area contributed by atoms with Gasteiger partial charge in [0.05, 0.1) is 16.7 Å². The van der Waals surface area contributed by atoms with Crippen LogP contribution in [-0.4, -0.2) is 28.6 Å². The monoisotopic (exact) mass is 279 g/mol. The van der Waals surface area contributed by atoms with E-state index in [4.69, 9.17) is 0 Å². The summed E-state index contributed by atoms with van der Waals surface area (Å²) in [6.07, 6.45) is 0. The van der Waals surface area contributed by atoms with Crippen molar-refractivity contribution in [3.63, 3.8) is 0 Å². The van der Waals surface area contributed by atoms with E-state index in [2.05, 4.69) is 15.6 Å². The van der Waals surface area contributed by atoms with Crippen molar-refractivity contribution >= 4 is 46.4 Å². The van der Waals surface area contributed by atoms with Crippen LogP contribution >= 0.6 is 35.5 Å². The van der Waals surface area contributed by atoms with E-state index in [0.717, 1.165) is 27.3 Å². The van der Waals surface area contributed by atoms with Gasteiger partial charge in [0.25, 0.3) is 0 Å². The Morgan fingerprint density at radius 3 is 2.81 bits per heavy atom. The quantitative estimate of drug-likeness (QED) is 0.867. The Balaban J connectivity index is 0.00000128. The van der Waals surface area contributed by atoms with Crippen molar-refractivity contribution in [3.8, 4) is 0 Å². The number of aromatic nitrogens is 1. The zero-order valence-electron chi connectivity index (χ0n) is 9.07. The van der Waals surface area contributed by atoms with Gasteiger partial charge in [-0.05, 0) is 13.8 Å². The lowest BCUT2D eigenvalue weighted by molar-refractivity contribution is -0.117. The van der Waals surface area contributed by atoms with Gasteiger partial charge in [-0.25, -0.2) is 4.98 Å². The maximum atomic E-state index is 11.8. The second-order valence-electron chi connectivity index (χ2n) is 3.41. The third-order valence-corrected chi connectivity index (χ3v) is 4.10. The van der Waals surface area contributed by atoms with Crippen LogP contribution in [0.15, 0.2) is 0 Å². The number of hydrogen-bond acceptors (Lipinski definition) is 5. The van der Waals surface area contributed by atoms with Crippen molar-refractivity contribution in [2.75, 3.05) is 16.9 Å². The first kappa shape index (κ1) is 13.8. The minimum atomic E-state index is -0.0585. The van der Waals surface area contributed by atoms with Crippen LogP contribution in [0.2, 0.25) is 0 Å². The van der Waals surface area contributed by atoms with Crippen LogP contribution < -0.4 is 10.6 Å². The number of halogens is 1. The Morgan fingerprint density at radius 1 is 1.56 bits per heavy atom. The molecule has 0 aromatic carbocycles. The summed E-state index contributed by atoms with van der Waals surface area (Å²) >= 11 is 3.27. The largest absolute Gasteiger partial charge is 0.315 e. The van der Waals surface area contributed by atoms with Gasteiger partial charge in [0.2, 0.25) is 5.91 Å². The Bertz CT molecular complexity index is 377. The highest BCUT2D eigenvalue weighted by Crippen LogP contribution is 2.23.